The minimum atomic E-state index is 0.456. The monoisotopic (exact) mass is 264 g/mol. The van der Waals surface area contributed by atoms with Gasteiger partial charge >= 0.3 is 0 Å². The first-order chi connectivity index (χ1) is 9.08. The van der Waals surface area contributed by atoms with Gasteiger partial charge in [0, 0.05) is 30.9 Å². The number of aryl methyl sites for hydroxylation is 1. The fraction of sp³-hybridized carbons (Fsp3) is 0.692. The number of nitrogens with two attached hydrogens (primary N) is 1. The molecule has 1 aromatic heterocycles. The van der Waals surface area contributed by atoms with Crippen LogP contribution in [0.15, 0.2) is 6.07 Å². The average Bonchev–Trinajstić information content (AvgIpc) is 2.84. The fourth-order valence-corrected chi connectivity index (χ4v) is 2.47. The van der Waals surface area contributed by atoms with Crippen molar-refractivity contribution in [1.29, 1.82) is 0 Å². The second kappa shape index (κ2) is 6.16. The summed E-state index contributed by atoms with van der Waals surface area (Å²) in [5.41, 5.74) is 3.39. The molecule has 106 valence electrons. The Morgan fingerprint density at radius 2 is 2.26 bits per heavy atom. The maximum Gasteiger partial charge on any atom is 0.239 e. The van der Waals surface area contributed by atoms with Crippen molar-refractivity contribution >= 4 is 11.8 Å². The van der Waals surface area contributed by atoms with E-state index in [2.05, 4.69) is 39.5 Å². The van der Waals surface area contributed by atoms with Gasteiger partial charge in [-0.25, -0.2) is 10.8 Å². The second-order valence-corrected chi connectivity index (χ2v) is 5.49. The second-order valence-electron chi connectivity index (χ2n) is 5.49. The van der Waals surface area contributed by atoms with E-state index in [1.54, 1.807) is 0 Å². The summed E-state index contributed by atoms with van der Waals surface area (Å²) >= 11 is 0. The molecule has 2 heterocycles. The van der Waals surface area contributed by atoms with Crippen LogP contribution in [0.2, 0.25) is 0 Å². The summed E-state index contributed by atoms with van der Waals surface area (Å²) < 4.78 is 0. The molecule has 6 nitrogen and oxygen atoms in total. The predicted molar refractivity (Wildman–Crippen MR) is 77.9 cm³/mol. The zero-order valence-electron chi connectivity index (χ0n) is 12.0. The van der Waals surface area contributed by atoms with Gasteiger partial charge in [0.15, 0.2) is 0 Å². The van der Waals surface area contributed by atoms with Crippen LogP contribution < -0.4 is 16.6 Å². The molecular weight excluding hydrogens is 240 g/mol. The highest BCUT2D eigenvalue weighted by molar-refractivity contribution is 5.41. The molecule has 1 aromatic rings. The molecular formula is C13H24N6. The number of anilines is 2. The van der Waals surface area contributed by atoms with Crippen molar-refractivity contribution in [2.24, 2.45) is 11.8 Å². The van der Waals surface area contributed by atoms with Crippen molar-refractivity contribution in [2.45, 2.75) is 33.2 Å². The summed E-state index contributed by atoms with van der Waals surface area (Å²) in [6.45, 7) is 9.75. The van der Waals surface area contributed by atoms with E-state index < -0.39 is 0 Å². The van der Waals surface area contributed by atoms with E-state index in [4.69, 9.17) is 5.84 Å². The molecule has 6 heteroatoms. The minimum Gasteiger partial charge on any atom is -0.370 e. The number of hydrogen-bond acceptors (Lipinski definition) is 6. The van der Waals surface area contributed by atoms with Gasteiger partial charge in [0.05, 0.1) is 0 Å². The van der Waals surface area contributed by atoms with Crippen LogP contribution in [0, 0.1) is 12.8 Å². The Bertz CT molecular complexity index is 420. The third-order valence-electron chi connectivity index (χ3n) is 3.60. The van der Waals surface area contributed by atoms with E-state index in [-0.39, 0.29) is 0 Å². The van der Waals surface area contributed by atoms with Crippen LogP contribution in [0.5, 0.6) is 0 Å². The Hall–Kier alpha value is -1.40. The molecule has 2 rings (SSSR count). The topological polar surface area (TPSA) is 79.1 Å². The van der Waals surface area contributed by atoms with Crippen LogP contribution in [0.25, 0.3) is 0 Å². The molecule has 0 aliphatic carbocycles. The first kappa shape index (κ1) is 14.0. The molecule has 0 radical (unpaired) electrons. The van der Waals surface area contributed by atoms with Gasteiger partial charge in [-0.2, -0.15) is 4.98 Å². The SMILES string of the molecule is Cc1cc(NCC2CCN(C(C)C)C2)nc(NN)n1. The van der Waals surface area contributed by atoms with Crippen molar-refractivity contribution in [1.82, 2.24) is 14.9 Å². The highest BCUT2D eigenvalue weighted by Crippen LogP contribution is 2.19. The minimum absolute atomic E-state index is 0.456. The summed E-state index contributed by atoms with van der Waals surface area (Å²) in [6, 6.07) is 2.58. The van der Waals surface area contributed by atoms with E-state index >= 15 is 0 Å². The van der Waals surface area contributed by atoms with Gasteiger partial charge in [-0.05, 0) is 39.7 Å². The van der Waals surface area contributed by atoms with E-state index in [1.165, 1.54) is 13.0 Å². The van der Waals surface area contributed by atoms with Gasteiger partial charge in [0.2, 0.25) is 5.95 Å². The van der Waals surface area contributed by atoms with Gasteiger partial charge in [-0.1, -0.05) is 0 Å². The molecule has 0 aromatic carbocycles. The molecule has 4 N–H and O–H groups in total. The van der Waals surface area contributed by atoms with E-state index in [1.807, 2.05) is 13.0 Å². The molecule has 1 aliphatic rings. The number of rotatable bonds is 5. The molecule has 0 saturated carbocycles. The van der Waals surface area contributed by atoms with Crippen LogP contribution in [-0.2, 0) is 0 Å². The number of hydrazine groups is 1. The highest BCUT2D eigenvalue weighted by atomic mass is 15.3. The third kappa shape index (κ3) is 3.78. The summed E-state index contributed by atoms with van der Waals surface area (Å²) in [6.07, 6.45) is 1.25. The van der Waals surface area contributed by atoms with Gasteiger partial charge < -0.3 is 10.2 Å². The normalized spacial score (nSPS) is 19.9. The molecule has 1 saturated heterocycles. The maximum absolute atomic E-state index is 5.35. The number of nitrogens with one attached hydrogen (secondary N) is 2. The highest BCUT2D eigenvalue weighted by Gasteiger charge is 2.23. The van der Waals surface area contributed by atoms with Crippen LogP contribution in [-0.4, -0.2) is 40.5 Å². The lowest BCUT2D eigenvalue weighted by atomic mass is 10.1. The zero-order valence-corrected chi connectivity index (χ0v) is 12.0. The first-order valence-electron chi connectivity index (χ1n) is 6.88. The Balaban J connectivity index is 1.87. The van der Waals surface area contributed by atoms with Gasteiger partial charge in [0.25, 0.3) is 0 Å². The Labute approximate surface area is 114 Å². The molecule has 0 bridgehead atoms. The lowest BCUT2D eigenvalue weighted by Crippen LogP contribution is -2.29. The molecule has 1 aliphatic heterocycles. The third-order valence-corrected chi connectivity index (χ3v) is 3.60. The smallest absolute Gasteiger partial charge is 0.239 e. The van der Waals surface area contributed by atoms with E-state index in [9.17, 15) is 0 Å². The lowest BCUT2D eigenvalue weighted by Gasteiger charge is -2.20. The van der Waals surface area contributed by atoms with Crippen LogP contribution in [0.1, 0.15) is 26.0 Å². The van der Waals surface area contributed by atoms with Crippen molar-refractivity contribution in [3.05, 3.63) is 11.8 Å². The number of hydrogen-bond donors (Lipinski definition) is 3. The van der Waals surface area contributed by atoms with Crippen molar-refractivity contribution in [3.63, 3.8) is 0 Å². The zero-order chi connectivity index (χ0) is 13.8. The van der Waals surface area contributed by atoms with Gasteiger partial charge in [-0.15, -0.1) is 0 Å². The van der Waals surface area contributed by atoms with Crippen LogP contribution >= 0.6 is 0 Å². The number of aromatic nitrogens is 2. The van der Waals surface area contributed by atoms with Crippen molar-refractivity contribution in [3.8, 4) is 0 Å². The maximum atomic E-state index is 5.35. The largest absolute Gasteiger partial charge is 0.370 e. The molecule has 1 fully saturated rings. The summed E-state index contributed by atoms with van der Waals surface area (Å²) in [4.78, 5) is 11.0. The van der Waals surface area contributed by atoms with Gasteiger partial charge in [0.1, 0.15) is 5.82 Å². The summed E-state index contributed by atoms with van der Waals surface area (Å²) in [5, 5.41) is 3.39. The summed E-state index contributed by atoms with van der Waals surface area (Å²) in [5.74, 6) is 7.33. The Morgan fingerprint density at radius 3 is 2.89 bits per heavy atom. The van der Waals surface area contributed by atoms with Crippen LogP contribution in [0.4, 0.5) is 11.8 Å². The number of nitrogens with zero attached hydrogens (tertiary/aromatic N) is 3. The first-order valence-corrected chi connectivity index (χ1v) is 6.88. The van der Waals surface area contributed by atoms with Crippen molar-refractivity contribution < 1.29 is 0 Å². The fourth-order valence-electron chi connectivity index (χ4n) is 2.47. The summed E-state index contributed by atoms with van der Waals surface area (Å²) in [7, 11) is 0. The Morgan fingerprint density at radius 1 is 1.47 bits per heavy atom. The Kier molecular flexibility index (Phi) is 4.55. The number of nitrogen functional groups attached to an aromatic ring is 1. The van der Waals surface area contributed by atoms with Crippen LogP contribution in [0.3, 0.4) is 0 Å². The molecule has 19 heavy (non-hydrogen) atoms. The van der Waals surface area contributed by atoms with E-state index in [0.717, 1.165) is 24.6 Å². The predicted octanol–water partition coefficient (Wildman–Crippen LogP) is 1.21. The molecule has 1 unspecified atom stereocenters. The van der Waals surface area contributed by atoms with Gasteiger partial charge in [-0.3, -0.25) is 5.43 Å². The average molecular weight is 264 g/mol. The van der Waals surface area contributed by atoms with Crippen molar-refractivity contribution in [2.75, 3.05) is 30.4 Å². The number of likely N-dealkylation sites (tertiary alicyclic amines) is 1. The molecule has 0 spiro atoms. The molecule has 1 atom stereocenters. The standard InChI is InChI=1S/C13H24N6/c1-9(2)19-5-4-11(8-19)7-15-12-6-10(3)16-13(17-12)18-14/h6,9,11H,4-5,7-8,14H2,1-3H3,(H2,15,16,17,18). The quantitative estimate of drug-likeness (QED) is 0.548. The molecule has 0 amide bonds. The van der Waals surface area contributed by atoms with E-state index in [0.29, 0.717) is 17.9 Å². The lowest BCUT2D eigenvalue weighted by molar-refractivity contribution is 0.266.